The van der Waals surface area contributed by atoms with Crippen LogP contribution in [-0.4, -0.2) is 17.0 Å². The van der Waals surface area contributed by atoms with Gasteiger partial charge in [-0.3, -0.25) is 5.32 Å². The van der Waals surface area contributed by atoms with Crippen molar-refractivity contribution in [3.63, 3.8) is 0 Å². The minimum absolute atomic E-state index is 0.256. The molecule has 0 bridgehead atoms. The van der Waals surface area contributed by atoms with Gasteiger partial charge in [-0.25, -0.2) is 0 Å². The second-order valence-electron chi connectivity index (χ2n) is 6.84. The van der Waals surface area contributed by atoms with Crippen molar-refractivity contribution in [2.45, 2.75) is 12.6 Å². The van der Waals surface area contributed by atoms with Gasteiger partial charge in [0.2, 0.25) is 18.6 Å². The lowest BCUT2D eigenvalue weighted by atomic mass is 10.1. The van der Waals surface area contributed by atoms with Crippen molar-refractivity contribution in [1.29, 1.82) is 0 Å². The van der Waals surface area contributed by atoms with Crippen LogP contribution in [0.15, 0.2) is 77.2 Å². The van der Waals surface area contributed by atoms with E-state index < -0.39 is 0 Å². The average Bonchev–Trinajstić information content (AvgIpc) is 3.44. The molecule has 7 heteroatoms. The Labute approximate surface area is 178 Å². The summed E-state index contributed by atoms with van der Waals surface area (Å²) in [6.07, 6.45) is 0. The predicted octanol–water partition coefficient (Wildman–Crippen LogP) is 5.00. The number of ether oxygens (including phenoxy) is 2. The van der Waals surface area contributed by atoms with Crippen LogP contribution in [0.4, 0.5) is 0 Å². The summed E-state index contributed by atoms with van der Waals surface area (Å²) in [6.45, 7) is 0.839. The van der Waals surface area contributed by atoms with Gasteiger partial charge in [-0.05, 0) is 35.4 Å². The molecule has 0 unspecified atom stereocenters. The largest absolute Gasteiger partial charge is 0.454 e. The minimum atomic E-state index is -0.277. The molecule has 0 spiro atoms. The van der Waals surface area contributed by atoms with Crippen LogP contribution in [0.25, 0.3) is 11.5 Å². The van der Waals surface area contributed by atoms with Crippen LogP contribution in [0.3, 0.4) is 0 Å². The molecule has 1 aliphatic rings. The van der Waals surface area contributed by atoms with Crippen LogP contribution < -0.4 is 14.8 Å². The van der Waals surface area contributed by atoms with Gasteiger partial charge in [0.1, 0.15) is 6.04 Å². The van der Waals surface area contributed by atoms with Gasteiger partial charge < -0.3 is 13.9 Å². The van der Waals surface area contributed by atoms with E-state index in [2.05, 4.69) is 15.5 Å². The van der Waals surface area contributed by atoms with Crippen molar-refractivity contribution < 1.29 is 13.9 Å². The van der Waals surface area contributed by atoms with E-state index >= 15 is 0 Å². The lowest BCUT2D eigenvalue weighted by molar-refractivity contribution is 0.174. The highest BCUT2D eigenvalue weighted by molar-refractivity contribution is 6.33. The zero-order valence-corrected chi connectivity index (χ0v) is 16.7. The third kappa shape index (κ3) is 3.75. The van der Waals surface area contributed by atoms with Crippen molar-refractivity contribution in [2.24, 2.45) is 0 Å². The first-order valence-electron chi connectivity index (χ1n) is 9.53. The summed E-state index contributed by atoms with van der Waals surface area (Å²) in [5.74, 6) is 2.38. The van der Waals surface area contributed by atoms with Gasteiger partial charge in [0.05, 0.1) is 10.6 Å². The normalized spacial score (nSPS) is 13.4. The molecule has 1 aromatic heterocycles. The number of nitrogens with one attached hydrogen (secondary N) is 1. The van der Waals surface area contributed by atoms with Gasteiger partial charge in [0.15, 0.2) is 11.5 Å². The van der Waals surface area contributed by atoms with Gasteiger partial charge in [0.25, 0.3) is 0 Å². The quantitative estimate of drug-likeness (QED) is 0.474. The lowest BCUT2D eigenvalue weighted by Crippen LogP contribution is -2.22. The van der Waals surface area contributed by atoms with Crippen molar-refractivity contribution in [3.05, 3.63) is 94.8 Å². The molecule has 0 amide bonds. The smallest absolute Gasteiger partial charge is 0.249 e. The Bertz CT molecular complexity index is 1160. The maximum absolute atomic E-state index is 6.29. The van der Waals surface area contributed by atoms with E-state index in [4.69, 9.17) is 25.5 Å². The van der Waals surface area contributed by atoms with E-state index in [9.17, 15) is 0 Å². The summed E-state index contributed by atoms with van der Waals surface area (Å²) in [7, 11) is 0. The summed E-state index contributed by atoms with van der Waals surface area (Å²) < 4.78 is 16.9. The van der Waals surface area contributed by atoms with E-state index in [1.807, 2.05) is 66.7 Å². The first-order valence-corrected chi connectivity index (χ1v) is 9.91. The Hall–Kier alpha value is -3.35. The summed E-state index contributed by atoms with van der Waals surface area (Å²) >= 11 is 6.29. The van der Waals surface area contributed by atoms with Crippen LogP contribution in [0.5, 0.6) is 11.5 Å². The second-order valence-corrected chi connectivity index (χ2v) is 7.24. The zero-order chi connectivity index (χ0) is 20.3. The summed E-state index contributed by atoms with van der Waals surface area (Å²) in [5, 5.41) is 12.6. The van der Waals surface area contributed by atoms with Crippen LogP contribution in [0.2, 0.25) is 5.02 Å². The Balaban J connectivity index is 1.42. The Morgan fingerprint density at radius 1 is 0.900 bits per heavy atom. The monoisotopic (exact) mass is 419 g/mol. The maximum Gasteiger partial charge on any atom is 0.249 e. The first-order chi connectivity index (χ1) is 14.8. The molecule has 3 aromatic carbocycles. The summed E-state index contributed by atoms with van der Waals surface area (Å²) in [5.41, 5.74) is 2.79. The molecular formula is C23H18ClN3O3. The molecule has 0 fully saturated rings. The third-order valence-electron chi connectivity index (χ3n) is 4.87. The second kappa shape index (κ2) is 8.18. The molecule has 0 aliphatic carbocycles. The van der Waals surface area contributed by atoms with Crippen LogP contribution >= 0.6 is 11.6 Å². The van der Waals surface area contributed by atoms with E-state index in [1.54, 1.807) is 6.07 Å². The molecule has 1 atom stereocenters. The molecule has 1 N–H and O–H groups in total. The number of nitrogens with zero attached hydrogens (tertiary/aromatic N) is 2. The number of rotatable bonds is 6. The molecule has 0 saturated carbocycles. The average molecular weight is 420 g/mol. The number of fused-ring (bicyclic) bond motifs is 1. The molecule has 5 rings (SSSR count). The maximum atomic E-state index is 6.29. The number of aromatic nitrogens is 2. The topological polar surface area (TPSA) is 69.4 Å². The van der Waals surface area contributed by atoms with Crippen LogP contribution in [0.1, 0.15) is 23.1 Å². The van der Waals surface area contributed by atoms with Crippen molar-refractivity contribution >= 4 is 11.6 Å². The van der Waals surface area contributed by atoms with Crippen molar-refractivity contribution in [3.8, 4) is 23.0 Å². The SMILES string of the molecule is Clc1ccccc1-c1nnc([C@@H](NCc2ccc3c(c2)OCO3)c2ccccc2)o1. The molecule has 150 valence electrons. The summed E-state index contributed by atoms with van der Waals surface area (Å²) in [6, 6.07) is 23.0. The third-order valence-corrected chi connectivity index (χ3v) is 5.20. The number of halogens is 1. The molecule has 1 aliphatic heterocycles. The highest BCUT2D eigenvalue weighted by Gasteiger charge is 2.22. The Morgan fingerprint density at radius 2 is 1.70 bits per heavy atom. The van der Waals surface area contributed by atoms with Gasteiger partial charge >= 0.3 is 0 Å². The standard InChI is InChI=1S/C23H18ClN3O3/c24-18-9-5-4-8-17(18)22-26-27-23(30-22)21(16-6-2-1-3-7-16)25-13-15-10-11-19-20(12-15)29-14-28-19/h1-12,21,25H,13-14H2/t21-/m0/s1. The zero-order valence-electron chi connectivity index (χ0n) is 15.9. The van der Waals surface area contributed by atoms with E-state index in [0.29, 0.717) is 28.9 Å². The fourth-order valence-electron chi connectivity index (χ4n) is 3.36. The van der Waals surface area contributed by atoms with Gasteiger partial charge in [-0.1, -0.05) is 60.1 Å². The van der Waals surface area contributed by atoms with Crippen molar-refractivity contribution in [1.82, 2.24) is 15.5 Å². The molecular weight excluding hydrogens is 402 g/mol. The van der Waals surface area contributed by atoms with E-state index in [1.165, 1.54) is 0 Å². The summed E-state index contributed by atoms with van der Waals surface area (Å²) in [4.78, 5) is 0. The number of hydrogen-bond acceptors (Lipinski definition) is 6. The molecule has 6 nitrogen and oxygen atoms in total. The fourth-order valence-corrected chi connectivity index (χ4v) is 3.58. The molecule has 30 heavy (non-hydrogen) atoms. The lowest BCUT2D eigenvalue weighted by Gasteiger charge is -2.16. The number of hydrogen-bond donors (Lipinski definition) is 1. The Kier molecular flexibility index (Phi) is 5.09. The van der Waals surface area contributed by atoms with Crippen LogP contribution in [-0.2, 0) is 6.54 Å². The first kappa shape index (κ1) is 18.7. The highest BCUT2D eigenvalue weighted by atomic mass is 35.5. The van der Waals surface area contributed by atoms with Gasteiger partial charge in [-0.2, -0.15) is 0 Å². The van der Waals surface area contributed by atoms with E-state index in [0.717, 1.165) is 22.6 Å². The number of benzene rings is 3. The highest BCUT2D eigenvalue weighted by Crippen LogP contribution is 2.33. The minimum Gasteiger partial charge on any atom is -0.454 e. The van der Waals surface area contributed by atoms with Crippen LogP contribution in [0, 0.1) is 0 Å². The fraction of sp³-hybridized carbons (Fsp3) is 0.130. The molecule has 2 heterocycles. The predicted molar refractivity (Wildman–Crippen MR) is 112 cm³/mol. The molecule has 0 radical (unpaired) electrons. The Morgan fingerprint density at radius 3 is 2.57 bits per heavy atom. The molecule has 4 aromatic rings. The van der Waals surface area contributed by atoms with Gasteiger partial charge in [0, 0.05) is 6.54 Å². The van der Waals surface area contributed by atoms with Gasteiger partial charge in [-0.15, -0.1) is 10.2 Å². The van der Waals surface area contributed by atoms with Crippen molar-refractivity contribution in [2.75, 3.05) is 6.79 Å². The van der Waals surface area contributed by atoms with E-state index in [-0.39, 0.29) is 12.8 Å². The molecule has 0 saturated heterocycles.